The zero-order valence-corrected chi connectivity index (χ0v) is 14.7. The number of hydrogen-bond acceptors (Lipinski definition) is 4. The molecule has 1 aliphatic heterocycles. The summed E-state index contributed by atoms with van der Waals surface area (Å²) in [6, 6.07) is 15.6. The van der Waals surface area contributed by atoms with E-state index in [1.54, 1.807) is 24.4 Å². The standard InChI is InChI=1S/C21H23N3O2/c25-17-6-7-20-18(12-17)19(13-22-20)21(26)15-24-10-8-23(9-11-24)14-16-4-2-1-3-5-16/h1-7,12-13,22,25H,8-11,14-15H2. The van der Waals surface area contributed by atoms with E-state index in [1.807, 2.05) is 6.07 Å². The average molecular weight is 349 g/mol. The zero-order chi connectivity index (χ0) is 17.9. The molecule has 2 aromatic carbocycles. The smallest absolute Gasteiger partial charge is 0.178 e. The van der Waals surface area contributed by atoms with E-state index in [0.717, 1.165) is 43.6 Å². The van der Waals surface area contributed by atoms with E-state index in [9.17, 15) is 9.90 Å². The number of aromatic amines is 1. The molecule has 0 aliphatic carbocycles. The number of aromatic nitrogens is 1. The Morgan fingerprint density at radius 3 is 2.50 bits per heavy atom. The third kappa shape index (κ3) is 3.64. The maximum Gasteiger partial charge on any atom is 0.178 e. The Morgan fingerprint density at radius 2 is 1.73 bits per heavy atom. The number of nitrogens with zero attached hydrogens (tertiary/aromatic N) is 2. The van der Waals surface area contributed by atoms with Gasteiger partial charge in [-0.15, -0.1) is 0 Å². The normalized spacial score (nSPS) is 16.2. The largest absolute Gasteiger partial charge is 0.508 e. The second-order valence-electron chi connectivity index (χ2n) is 6.89. The van der Waals surface area contributed by atoms with Crippen molar-refractivity contribution in [3.05, 3.63) is 65.9 Å². The van der Waals surface area contributed by atoms with Crippen molar-refractivity contribution in [2.45, 2.75) is 6.54 Å². The predicted octanol–water partition coefficient (Wildman–Crippen LogP) is 2.87. The van der Waals surface area contributed by atoms with Crippen LogP contribution in [-0.4, -0.2) is 58.4 Å². The number of rotatable bonds is 5. The van der Waals surface area contributed by atoms with Crippen LogP contribution < -0.4 is 0 Å². The maximum absolute atomic E-state index is 12.7. The quantitative estimate of drug-likeness (QED) is 0.696. The Morgan fingerprint density at radius 1 is 1.00 bits per heavy atom. The molecule has 1 fully saturated rings. The van der Waals surface area contributed by atoms with Gasteiger partial charge in [0.25, 0.3) is 0 Å². The number of benzene rings is 2. The van der Waals surface area contributed by atoms with E-state index >= 15 is 0 Å². The van der Waals surface area contributed by atoms with Crippen molar-refractivity contribution in [2.24, 2.45) is 0 Å². The summed E-state index contributed by atoms with van der Waals surface area (Å²) in [5.41, 5.74) is 2.86. The van der Waals surface area contributed by atoms with Crippen LogP contribution in [0.2, 0.25) is 0 Å². The average Bonchev–Trinajstić information content (AvgIpc) is 3.07. The number of H-pyrrole nitrogens is 1. The van der Waals surface area contributed by atoms with E-state index in [2.05, 4.69) is 39.0 Å². The van der Waals surface area contributed by atoms with Crippen LogP contribution in [0.15, 0.2) is 54.7 Å². The molecule has 134 valence electrons. The molecule has 1 aromatic heterocycles. The summed E-state index contributed by atoms with van der Waals surface area (Å²) < 4.78 is 0. The van der Waals surface area contributed by atoms with Crippen LogP contribution in [0.25, 0.3) is 10.9 Å². The molecule has 0 radical (unpaired) electrons. The van der Waals surface area contributed by atoms with Crippen LogP contribution in [0, 0.1) is 0 Å². The number of piperazine rings is 1. The van der Waals surface area contributed by atoms with Crippen LogP contribution in [0.4, 0.5) is 0 Å². The molecule has 26 heavy (non-hydrogen) atoms. The Kier molecular flexibility index (Phi) is 4.73. The number of phenolic OH excluding ortho intramolecular Hbond substituents is 1. The maximum atomic E-state index is 12.7. The summed E-state index contributed by atoms with van der Waals surface area (Å²) in [5.74, 6) is 0.277. The number of phenols is 1. The van der Waals surface area contributed by atoms with Crippen molar-refractivity contribution in [3.8, 4) is 5.75 Å². The summed E-state index contributed by atoms with van der Waals surface area (Å²) in [7, 11) is 0. The first-order chi connectivity index (χ1) is 12.7. The number of ketones is 1. The summed E-state index contributed by atoms with van der Waals surface area (Å²) in [6.07, 6.45) is 1.75. The van der Waals surface area contributed by atoms with Crippen molar-refractivity contribution < 1.29 is 9.90 Å². The Bertz CT molecular complexity index is 896. The lowest BCUT2D eigenvalue weighted by atomic mass is 10.1. The lowest BCUT2D eigenvalue weighted by Crippen LogP contribution is -2.47. The monoisotopic (exact) mass is 349 g/mol. The van der Waals surface area contributed by atoms with Gasteiger partial charge in [-0.05, 0) is 23.8 Å². The van der Waals surface area contributed by atoms with Gasteiger partial charge >= 0.3 is 0 Å². The van der Waals surface area contributed by atoms with Crippen molar-refractivity contribution in [1.29, 1.82) is 0 Å². The van der Waals surface area contributed by atoms with Gasteiger partial charge in [0, 0.05) is 55.4 Å². The van der Waals surface area contributed by atoms with E-state index < -0.39 is 0 Å². The highest BCUT2D eigenvalue weighted by molar-refractivity contribution is 6.09. The number of carbonyl (C=O) groups is 1. The van der Waals surface area contributed by atoms with Crippen LogP contribution in [-0.2, 0) is 6.54 Å². The molecule has 1 saturated heterocycles. The highest BCUT2D eigenvalue weighted by Gasteiger charge is 2.21. The number of carbonyl (C=O) groups excluding carboxylic acids is 1. The number of fused-ring (bicyclic) bond motifs is 1. The molecule has 0 unspecified atom stereocenters. The number of nitrogens with one attached hydrogen (secondary N) is 1. The molecule has 3 aromatic rings. The van der Waals surface area contributed by atoms with Gasteiger partial charge in [-0.3, -0.25) is 14.6 Å². The number of aromatic hydroxyl groups is 1. The Hall–Kier alpha value is -2.63. The molecule has 0 bridgehead atoms. The fourth-order valence-electron chi connectivity index (χ4n) is 3.57. The molecular formula is C21H23N3O2. The zero-order valence-electron chi connectivity index (χ0n) is 14.7. The molecule has 5 nitrogen and oxygen atoms in total. The van der Waals surface area contributed by atoms with Crippen LogP contribution >= 0.6 is 0 Å². The minimum Gasteiger partial charge on any atom is -0.508 e. The molecule has 0 saturated carbocycles. The van der Waals surface area contributed by atoms with Crippen LogP contribution in [0.3, 0.4) is 0 Å². The molecule has 4 rings (SSSR count). The molecule has 2 heterocycles. The lowest BCUT2D eigenvalue weighted by Gasteiger charge is -2.34. The van der Waals surface area contributed by atoms with Gasteiger partial charge in [0.05, 0.1) is 6.54 Å². The van der Waals surface area contributed by atoms with Gasteiger partial charge in [0.2, 0.25) is 0 Å². The van der Waals surface area contributed by atoms with Crippen LogP contribution in [0.1, 0.15) is 15.9 Å². The lowest BCUT2D eigenvalue weighted by molar-refractivity contribution is 0.0845. The summed E-state index contributed by atoms with van der Waals surface area (Å²) in [5, 5.41) is 10.5. The first-order valence-corrected chi connectivity index (χ1v) is 9.01. The van der Waals surface area contributed by atoms with Crippen molar-refractivity contribution >= 4 is 16.7 Å². The third-order valence-corrected chi connectivity index (χ3v) is 5.05. The molecule has 0 atom stereocenters. The van der Waals surface area contributed by atoms with E-state index in [-0.39, 0.29) is 11.5 Å². The highest BCUT2D eigenvalue weighted by Crippen LogP contribution is 2.23. The minimum absolute atomic E-state index is 0.0957. The van der Waals surface area contributed by atoms with Crippen LogP contribution in [0.5, 0.6) is 5.75 Å². The fourth-order valence-corrected chi connectivity index (χ4v) is 3.57. The van der Waals surface area contributed by atoms with E-state index in [1.165, 1.54) is 5.56 Å². The topological polar surface area (TPSA) is 59.6 Å². The fraction of sp³-hybridized carbons (Fsp3) is 0.286. The highest BCUT2D eigenvalue weighted by atomic mass is 16.3. The third-order valence-electron chi connectivity index (χ3n) is 5.05. The molecule has 0 amide bonds. The predicted molar refractivity (Wildman–Crippen MR) is 102 cm³/mol. The van der Waals surface area contributed by atoms with Gasteiger partial charge in [-0.1, -0.05) is 30.3 Å². The molecule has 5 heteroatoms. The first-order valence-electron chi connectivity index (χ1n) is 9.01. The molecule has 1 aliphatic rings. The van der Waals surface area contributed by atoms with Crippen molar-refractivity contribution in [3.63, 3.8) is 0 Å². The van der Waals surface area contributed by atoms with Gasteiger partial charge in [0.1, 0.15) is 5.75 Å². The van der Waals surface area contributed by atoms with Gasteiger partial charge in [0.15, 0.2) is 5.78 Å². The second kappa shape index (κ2) is 7.32. The summed E-state index contributed by atoms with van der Waals surface area (Å²) >= 11 is 0. The Labute approximate surface area is 152 Å². The molecule has 0 spiro atoms. The summed E-state index contributed by atoms with van der Waals surface area (Å²) in [4.78, 5) is 20.5. The molecule has 2 N–H and O–H groups in total. The molecular weight excluding hydrogens is 326 g/mol. The van der Waals surface area contributed by atoms with Gasteiger partial charge in [-0.25, -0.2) is 0 Å². The number of Topliss-reactive ketones (excluding diaryl/α,β-unsaturated/α-hetero) is 1. The number of hydrogen-bond donors (Lipinski definition) is 2. The van der Waals surface area contributed by atoms with E-state index in [4.69, 9.17) is 0 Å². The summed E-state index contributed by atoms with van der Waals surface area (Å²) in [6.45, 7) is 5.11. The van der Waals surface area contributed by atoms with Crippen molar-refractivity contribution in [2.75, 3.05) is 32.7 Å². The SMILES string of the molecule is O=C(CN1CCN(Cc2ccccc2)CC1)c1c[nH]c2ccc(O)cc12. The minimum atomic E-state index is 0.0957. The first kappa shape index (κ1) is 16.8. The van der Waals surface area contributed by atoms with E-state index in [0.29, 0.717) is 12.1 Å². The second-order valence-corrected chi connectivity index (χ2v) is 6.89. The van der Waals surface area contributed by atoms with Gasteiger partial charge < -0.3 is 10.1 Å². The van der Waals surface area contributed by atoms with Crippen molar-refractivity contribution in [1.82, 2.24) is 14.8 Å². The Balaban J connectivity index is 1.35. The van der Waals surface area contributed by atoms with Gasteiger partial charge in [-0.2, -0.15) is 0 Å².